The molecule has 1 saturated heterocycles. The van der Waals surface area contributed by atoms with Gasteiger partial charge in [-0.2, -0.15) is 0 Å². The lowest BCUT2D eigenvalue weighted by molar-refractivity contribution is -0.132. The third-order valence-electron chi connectivity index (χ3n) is 4.23. The average Bonchev–Trinajstić information content (AvgIpc) is 3.08. The Hall–Kier alpha value is -1.27. The van der Waals surface area contributed by atoms with Crippen LogP contribution in [0.25, 0.3) is 0 Å². The van der Waals surface area contributed by atoms with E-state index >= 15 is 0 Å². The summed E-state index contributed by atoms with van der Waals surface area (Å²) in [5.41, 5.74) is 1.88. The van der Waals surface area contributed by atoms with Gasteiger partial charge in [-0.05, 0) is 42.4 Å². The molecule has 0 aromatic heterocycles. The van der Waals surface area contributed by atoms with Crippen molar-refractivity contribution in [2.24, 2.45) is 0 Å². The van der Waals surface area contributed by atoms with E-state index in [1.807, 2.05) is 22.9 Å². The van der Waals surface area contributed by atoms with Gasteiger partial charge in [-0.1, -0.05) is 41.4 Å². The van der Waals surface area contributed by atoms with Crippen LogP contribution in [-0.4, -0.2) is 41.6 Å². The van der Waals surface area contributed by atoms with Crippen LogP contribution in [0.5, 0.6) is 0 Å². The zero-order valence-corrected chi connectivity index (χ0v) is 16.6. The summed E-state index contributed by atoms with van der Waals surface area (Å²) >= 11 is 13.8. The fourth-order valence-electron chi connectivity index (χ4n) is 2.95. The number of thioether (sulfide) groups is 1. The number of amides is 1. The molecule has 1 aliphatic rings. The molecule has 2 aromatic carbocycles. The Bertz CT molecular complexity index is 788. The second-order valence-corrected chi connectivity index (χ2v) is 8.30. The molecule has 1 atom stereocenters. The fraction of sp³-hybridized carbons (Fsp3) is 0.316. The van der Waals surface area contributed by atoms with Crippen LogP contribution < -0.4 is 0 Å². The van der Waals surface area contributed by atoms with Gasteiger partial charge in [-0.15, -0.1) is 11.8 Å². The molecular formula is C19H19Cl2FN2OS. The maximum atomic E-state index is 13.2. The first kappa shape index (κ1) is 19.5. The minimum absolute atomic E-state index is 0.0527. The highest BCUT2D eigenvalue weighted by atomic mass is 35.5. The number of likely N-dealkylation sites (N-methyl/N-ethyl adjacent to an activating group) is 1. The lowest BCUT2D eigenvalue weighted by Crippen LogP contribution is -2.38. The van der Waals surface area contributed by atoms with Gasteiger partial charge in [0.1, 0.15) is 11.2 Å². The molecule has 0 spiro atoms. The van der Waals surface area contributed by atoms with Gasteiger partial charge in [-0.25, -0.2) is 4.39 Å². The highest BCUT2D eigenvalue weighted by Gasteiger charge is 2.30. The van der Waals surface area contributed by atoms with E-state index in [1.54, 1.807) is 36.0 Å². The van der Waals surface area contributed by atoms with Crippen LogP contribution in [0.3, 0.4) is 0 Å². The zero-order chi connectivity index (χ0) is 18.7. The SMILES string of the molecule is CN(CC(=O)N1CCS[C@@H]1c1ccc(F)cc1)Cc1ccc(Cl)cc1Cl. The largest absolute Gasteiger partial charge is 0.325 e. The molecule has 138 valence electrons. The van der Waals surface area contributed by atoms with Crippen molar-refractivity contribution in [2.45, 2.75) is 11.9 Å². The number of benzene rings is 2. The fourth-order valence-corrected chi connectivity index (χ4v) is 4.69. The Morgan fingerprint density at radius 2 is 2.00 bits per heavy atom. The monoisotopic (exact) mass is 412 g/mol. The van der Waals surface area contributed by atoms with Crippen LogP contribution in [0, 0.1) is 5.82 Å². The number of carbonyl (C=O) groups is 1. The Morgan fingerprint density at radius 3 is 2.69 bits per heavy atom. The van der Waals surface area contributed by atoms with Crippen molar-refractivity contribution in [1.29, 1.82) is 0 Å². The molecule has 1 aliphatic heterocycles. The second kappa shape index (κ2) is 8.61. The van der Waals surface area contributed by atoms with E-state index in [9.17, 15) is 9.18 Å². The van der Waals surface area contributed by atoms with Gasteiger partial charge in [0.15, 0.2) is 0 Å². The third-order valence-corrected chi connectivity index (χ3v) is 6.07. The van der Waals surface area contributed by atoms with Crippen molar-refractivity contribution in [2.75, 3.05) is 25.9 Å². The lowest BCUT2D eigenvalue weighted by Gasteiger charge is -2.27. The first-order valence-corrected chi connectivity index (χ1v) is 10.0. The summed E-state index contributed by atoms with van der Waals surface area (Å²) < 4.78 is 13.2. The second-order valence-electron chi connectivity index (χ2n) is 6.27. The number of nitrogens with zero attached hydrogens (tertiary/aromatic N) is 2. The molecule has 1 fully saturated rings. The molecule has 3 nitrogen and oxygen atoms in total. The number of halogens is 3. The van der Waals surface area contributed by atoms with Gasteiger partial charge in [0, 0.05) is 28.9 Å². The molecule has 3 rings (SSSR count). The lowest BCUT2D eigenvalue weighted by atomic mass is 10.2. The molecule has 1 heterocycles. The van der Waals surface area contributed by atoms with E-state index in [2.05, 4.69) is 0 Å². The Morgan fingerprint density at radius 1 is 1.27 bits per heavy atom. The molecule has 0 radical (unpaired) electrons. The molecule has 0 N–H and O–H groups in total. The van der Waals surface area contributed by atoms with E-state index in [-0.39, 0.29) is 23.6 Å². The van der Waals surface area contributed by atoms with Gasteiger partial charge >= 0.3 is 0 Å². The normalized spacial score (nSPS) is 17.1. The van der Waals surface area contributed by atoms with Crippen molar-refractivity contribution >= 4 is 40.9 Å². The maximum Gasteiger partial charge on any atom is 0.237 e. The quantitative estimate of drug-likeness (QED) is 0.701. The molecule has 0 unspecified atom stereocenters. The van der Waals surface area contributed by atoms with Crippen molar-refractivity contribution < 1.29 is 9.18 Å². The van der Waals surface area contributed by atoms with Crippen LogP contribution in [0.2, 0.25) is 10.0 Å². The molecule has 0 aliphatic carbocycles. The summed E-state index contributed by atoms with van der Waals surface area (Å²) in [6, 6.07) is 11.7. The van der Waals surface area contributed by atoms with Crippen molar-refractivity contribution in [3.63, 3.8) is 0 Å². The molecule has 0 bridgehead atoms. The minimum atomic E-state index is -0.269. The Kier molecular flexibility index (Phi) is 6.46. The summed E-state index contributed by atoms with van der Waals surface area (Å²) in [6.45, 7) is 1.54. The smallest absolute Gasteiger partial charge is 0.237 e. The Balaban J connectivity index is 1.63. The highest BCUT2D eigenvalue weighted by molar-refractivity contribution is 7.99. The third kappa shape index (κ3) is 4.71. The van der Waals surface area contributed by atoms with Crippen LogP contribution in [0.15, 0.2) is 42.5 Å². The van der Waals surface area contributed by atoms with Gasteiger partial charge in [0.05, 0.1) is 6.54 Å². The Labute approximate surface area is 167 Å². The van der Waals surface area contributed by atoms with E-state index in [1.165, 1.54) is 12.1 Å². The van der Waals surface area contributed by atoms with E-state index in [0.717, 1.165) is 16.9 Å². The molecule has 26 heavy (non-hydrogen) atoms. The van der Waals surface area contributed by atoms with Gasteiger partial charge in [0.25, 0.3) is 0 Å². The molecule has 2 aromatic rings. The van der Waals surface area contributed by atoms with Gasteiger partial charge in [0.2, 0.25) is 5.91 Å². The van der Waals surface area contributed by atoms with E-state index in [0.29, 0.717) is 23.1 Å². The minimum Gasteiger partial charge on any atom is -0.325 e. The summed E-state index contributed by atoms with van der Waals surface area (Å²) in [6.07, 6.45) is 0. The highest BCUT2D eigenvalue weighted by Crippen LogP contribution is 2.38. The van der Waals surface area contributed by atoms with Crippen molar-refractivity contribution in [1.82, 2.24) is 9.80 Å². The van der Waals surface area contributed by atoms with Crippen LogP contribution in [0.1, 0.15) is 16.5 Å². The summed E-state index contributed by atoms with van der Waals surface area (Å²) in [5.74, 6) is 0.659. The first-order chi connectivity index (χ1) is 12.4. The van der Waals surface area contributed by atoms with E-state index < -0.39 is 0 Å². The van der Waals surface area contributed by atoms with Gasteiger partial charge < -0.3 is 4.90 Å². The number of carbonyl (C=O) groups excluding carboxylic acids is 1. The predicted molar refractivity (Wildman–Crippen MR) is 106 cm³/mol. The molecule has 1 amide bonds. The first-order valence-electron chi connectivity index (χ1n) is 8.23. The maximum absolute atomic E-state index is 13.2. The summed E-state index contributed by atoms with van der Waals surface area (Å²) in [7, 11) is 1.89. The van der Waals surface area contributed by atoms with Crippen molar-refractivity contribution in [3.8, 4) is 0 Å². The van der Waals surface area contributed by atoms with Gasteiger partial charge in [-0.3, -0.25) is 9.69 Å². The molecule has 0 saturated carbocycles. The summed E-state index contributed by atoms with van der Waals surface area (Å²) in [4.78, 5) is 16.6. The predicted octanol–water partition coefficient (Wildman–Crippen LogP) is 4.84. The van der Waals surface area contributed by atoms with Crippen LogP contribution in [-0.2, 0) is 11.3 Å². The standard InChI is InChI=1S/C19H19Cl2FN2OS/c1-23(11-14-2-5-15(20)10-17(14)21)12-18(25)24-8-9-26-19(24)13-3-6-16(22)7-4-13/h2-7,10,19H,8-9,11-12H2,1H3/t19-/m1/s1. The summed E-state index contributed by atoms with van der Waals surface area (Å²) in [5, 5.41) is 1.13. The zero-order valence-electron chi connectivity index (χ0n) is 14.3. The molecular weight excluding hydrogens is 394 g/mol. The molecule has 7 heteroatoms. The topological polar surface area (TPSA) is 23.6 Å². The number of hydrogen-bond donors (Lipinski definition) is 0. The van der Waals surface area contributed by atoms with Crippen molar-refractivity contribution in [3.05, 3.63) is 69.5 Å². The average molecular weight is 413 g/mol. The van der Waals surface area contributed by atoms with E-state index in [4.69, 9.17) is 23.2 Å². The van der Waals surface area contributed by atoms with Crippen LogP contribution >= 0.6 is 35.0 Å². The number of rotatable bonds is 5. The van der Waals surface area contributed by atoms with Crippen LogP contribution in [0.4, 0.5) is 4.39 Å². The number of hydrogen-bond acceptors (Lipinski definition) is 3.